The third-order valence-electron chi connectivity index (χ3n) is 2.26. The minimum Gasteiger partial charge on any atom is -0.497 e. The fraction of sp³-hybridized carbons (Fsp3) is 0.231. The molecule has 0 aliphatic carbocycles. The van der Waals surface area contributed by atoms with Crippen LogP contribution in [0.5, 0.6) is 5.75 Å². The van der Waals surface area contributed by atoms with Gasteiger partial charge in [0.25, 0.3) is 5.91 Å². The summed E-state index contributed by atoms with van der Waals surface area (Å²) in [6.45, 7) is 0. The average molecular weight is 247 g/mol. The van der Waals surface area contributed by atoms with E-state index in [0.29, 0.717) is 11.3 Å². The number of aliphatic carboxylic acids is 1. The molecule has 1 aromatic rings. The van der Waals surface area contributed by atoms with Crippen LogP contribution in [0.25, 0.3) is 0 Å². The fourth-order valence-corrected chi connectivity index (χ4v) is 1.32. The molecule has 1 aromatic carbocycles. The molecule has 5 heteroatoms. The number of terminal acetylenes is 1. The highest BCUT2D eigenvalue weighted by atomic mass is 16.5. The van der Waals surface area contributed by atoms with Gasteiger partial charge in [0.2, 0.25) is 0 Å². The van der Waals surface area contributed by atoms with Crippen molar-refractivity contribution in [2.45, 2.75) is 12.5 Å². The Morgan fingerprint density at radius 2 is 2.28 bits per heavy atom. The fourth-order valence-electron chi connectivity index (χ4n) is 1.32. The van der Waals surface area contributed by atoms with Crippen LogP contribution in [0.3, 0.4) is 0 Å². The molecule has 1 atom stereocenters. The molecule has 0 aromatic heterocycles. The zero-order valence-corrected chi connectivity index (χ0v) is 9.84. The van der Waals surface area contributed by atoms with E-state index in [1.165, 1.54) is 13.2 Å². The molecule has 0 bridgehead atoms. The van der Waals surface area contributed by atoms with Crippen LogP contribution in [0.1, 0.15) is 16.8 Å². The molecule has 1 unspecified atom stereocenters. The number of benzene rings is 1. The first-order chi connectivity index (χ1) is 8.58. The number of nitrogens with one attached hydrogen (secondary N) is 1. The third kappa shape index (κ3) is 3.52. The minimum atomic E-state index is -1.16. The Balaban J connectivity index is 2.80. The monoisotopic (exact) mass is 247 g/mol. The van der Waals surface area contributed by atoms with Crippen LogP contribution in [-0.2, 0) is 4.79 Å². The van der Waals surface area contributed by atoms with Gasteiger partial charge in [-0.2, -0.15) is 0 Å². The highest BCUT2D eigenvalue weighted by Gasteiger charge is 2.19. The lowest BCUT2D eigenvalue weighted by atomic mass is 10.1. The summed E-state index contributed by atoms with van der Waals surface area (Å²) in [5.41, 5.74) is 0.317. The predicted molar refractivity (Wildman–Crippen MR) is 65.3 cm³/mol. The van der Waals surface area contributed by atoms with Crippen LogP contribution in [-0.4, -0.2) is 30.1 Å². The second-order valence-electron chi connectivity index (χ2n) is 3.50. The number of carbonyl (C=O) groups excluding carboxylic acids is 1. The smallest absolute Gasteiger partial charge is 0.327 e. The van der Waals surface area contributed by atoms with Crippen molar-refractivity contribution in [1.29, 1.82) is 0 Å². The molecule has 0 radical (unpaired) electrons. The van der Waals surface area contributed by atoms with Crippen molar-refractivity contribution in [3.8, 4) is 18.1 Å². The van der Waals surface area contributed by atoms with Gasteiger partial charge in [0.15, 0.2) is 0 Å². The van der Waals surface area contributed by atoms with Crippen molar-refractivity contribution in [2.75, 3.05) is 7.11 Å². The molecule has 0 aliphatic heterocycles. The van der Waals surface area contributed by atoms with Gasteiger partial charge >= 0.3 is 5.97 Å². The van der Waals surface area contributed by atoms with E-state index in [0.717, 1.165) is 0 Å². The Morgan fingerprint density at radius 3 is 2.83 bits per heavy atom. The maximum absolute atomic E-state index is 11.8. The van der Waals surface area contributed by atoms with Crippen molar-refractivity contribution in [3.63, 3.8) is 0 Å². The summed E-state index contributed by atoms with van der Waals surface area (Å²) in [5, 5.41) is 11.2. The number of carbonyl (C=O) groups is 2. The Hall–Kier alpha value is -2.48. The first-order valence-electron chi connectivity index (χ1n) is 5.19. The minimum absolute atomic E-state index is 0.0644. The van der Waals surface area contributed by atoms with Gasteiger partial charge < -0.3 is 15.2 Å². The summed E-state index contributed by atoms with van der Waals surface area (Å²) in [6.07, 6.45) is 4.98. The summed E-state index contributed by atoms with van der Waals surface area (Å²) in [6, 6.07) is 5.32. The standard InChI is InChI=1S/C13H13NO4/c1-3-5-11(13(16)17)14-12(15)9-6-4-7-10(8-9)18-2/h1,4,6-8,11H,5H2,2H3,(H,14,15)(H,16,17). The number of carboxylic acids is 1. The molecule has 0 heterocycles. The molecular weight excluding hydrogens is 234 g/mol. The van der Waals surface area contributed by atoms with Crippen LogP contribution in [0.2, 0.25) is 0 Å². The summed E-state index contributed by atoms with van der Waals surface area (Å²) < 4.78 is 4.98. The molecule has 0 aliphatic rings. The normalized spacial score (nSPS) is 11.1. The van der Waals surface area contributed by atoms with Gasteiger partial charge in [0, 0.05) is 12.0 Å². The second-order valence-corrected chi connectivity index (χ2v) is 3.50. The molecule has 0 saturated carbocycles. The number of amides is 1. The number of hydrogen-bond donors (Lipinski definition) is 2. The molecule has 18 heavy (non-hydrogen) atoms. The number of hydrogen-bond acceptors (Lipinski definition) is 3. The van der Waals surface area contributed by atoms with Gasteiger partial charge in [-0.25, -0.2) is 4.79 Å². The second kappa shape index (κ2) is 6.30. The van der Waals surface area contributed by atoms with Crippen LogP contribution < -0.4 is 10.1 Å². The number of ether oxygens (including phenoxy) is 1. The van der Waals surface area contributed by atoms with Crippen molar-refractivity contribution in [1.82, 2.24) is 5.32 Å². The largest absolute Gasteiger partial charge is 0.497 e. The molecule has 0 spiro atoms. The first kappa shape index (κ1) is 13.6. The third-order valence-corrected chi connectivity index (χ3v) is 2.26. The molecule has 1 rings (SSSR count). The summed E-state index contributed by atoms with van der Waals surface area (Å²) in [7, 11) is 1.48. The number of carboxylic acid groups (broad SMARTS) is 1. The van der Waals surface area contributed by atoms with Gasteiger partial charge in [-0.1, -0.05) is 6.07 Å². The van der Waals surface area contributed by atoms with Crippen LogP contribution in [0, 0.1) is 12.3 Å². The van der Waals surface area contributed by atoms with Crippen LogP contribution in [0.15, 0.2) is 24.3 Å². The Bertz CT molecular complexity index is 490. The van der Waals surface area contributed by atoms with E-state index in [4.69, 9.17) is 16.3 Å². The zero-order chi connectivity index (χ0) is 13.5. The average Bonchev–Trinajstić information content (AvgIpc) is 2.38. The highest BCUT2D eigenvalue weighted by Crippen LogP contribution is 2.12. The SMILES string of the molecule is C#CCC(NC(=O)c1cccc(OC)c1)C(=O)O. The van der Waals surface area contributed by atoms with E-state index < -0.39 is 17.9 Å². The van der Waals surface area contributed by atoms with E-state index in [9.17, 15) is 9.59 Å². The maximum atomic E-state index is 11.8. The van der Waals surface area contributed by atoms with Crippen molar-refractivity contribution in [2.24, 2.45) is 0 Å². The molecular formula is C13H13NO4. The van der Waals surface area contributed by atoms with Gasteiger partial charge in [-0.3, -0.25) is 4.79 Å². The predicted octanol–water partition coefficient (Wildman–Crippen LogP) is 0.901. The Labute approximate surface area is 105 Å². The highest BCUT2D eigenvalue weighted by molar-refractivity contribution is 5.96. The van der Waals surface area contributed by atoms with Gasteiger partial charge in [-0.15, -0.1) is 12.3 Å². The lowest BCUT2D eigenvalue weighted by Crippen LogP contribution is -2.40. The molecule has 2 N–H and O–H groups in total. The molecule has 5 nitrogen and oxygen atoms in total. The molecule has 1 amide bonds. The molecule has 94 valence electrons. The summed E-state index contributed by atoms with van der Waals surface area (Å²) >= 11 is 0. The molecule has 0 saturated heterocycles. The van der Waals surface area contributed by atoms with E-state index >= 15 is 0 Å². The van der Waals surface area contributed by atoms with Crippen molar-refractivity contribution < 1.29 is 19.4 Å². The zero-order valence-electron chi connectivity index (χ0n) is 9.84. The molecule has 0 fully saturated rings. The van der Waals surface area contributed by atoms with Gasteiger partial charge in [0.05, 0.1) is 7.11 Å². The Morgan fingerprint density at radius 1 is 1.56 bits per heavy atom. The van der Waals surface area contributed by atoms with E-state index in [1.807, 2.05) is 0 Å². The van der Waals surface area contributed by atoms with Gasteiger partial charge in [-0.05, 0) is 18.2 Å². The van der Waals surface area contributed by atoms with E-state index in [2.05, 4.69) is 11.2 Å². The van der Waals surface area contributed by atoms with E-state index in [-0.39, 0.29) is 6.42 Å². The number of rotatable bonds is 5. The van der Waals surface area contributed by atoms with Crippen molar-refractivity contribution >= 4 is 11.9 Å². The topological polar surface area (TPSA) is 75.6 Å². The van der Waals surface area contributed by atoms with Crippen LogP contribution >= 0.6 is 0 Å². The Kier molecular flexibility index (Phi) is 4.76. The quantitative estimate of drug-likeness (QED) is 0.758. The summed E-state index contributed by atoms with van der Waals surface area (Å²) in [5.74, 6) is 1.06. The summed E-state index contributed by atoms with van der Waals surface area (Å²) in [4.78, 5) is 22.6. The lowest BCUT2D eigenvalue weighted by molar-refractivity contribution is -0.139. The number of methoxy groups -OCH3 is 1. The van der Waals surface area contributed by atoms with Crippen molar-refractivity contribution in [3.05, 3.63) is 29.8 Å². The van der Waals surface area contributed by atoms with Crippen LogP contribution in [0.4, 0.5) is 0 Å². The lowest BCUT2D eigenvalue weighted by Gasteiger charge is -2.12. The van der Waals surface area contributed by atoms with E-state index in [1.54, 1.807) is 18.2 Å². The van der Waals surface area contributed by atoms with Gasteiger partial charge in [0.1, 0.15) is 11.8 Å². The first-order valence-corrected chi connectivity index (χ1v) is 5.19. The maximum Gasteiger partial charge on any atom is 0.327 e.